The third kappa shape index (κ3) is 2.31. The quantitative estimate of drug-likeness (QED) is 0.715. The molecule has 0 saturated heterocycles. The van der Waals surface area contributed by atoms with E-state index < -0.39 is 0 Å². The first-order valence-electron chi connectivity index (χ1n) is 7.07. The molecule has 0 aliphatic rings. The smallest absolute Gasteiger partial charge is 0.226 e. The summed E-state index contributed by atoms with van der Waals surface area (Å²) in [4.78, 5) is 9.08. The van der Waals surface area contributed by atoms with Gasteiger partial charge in [-0.2, -0.15) is 4.98 Å². The van der Waals surface area contributed by atoms with Gasteiger partial charge in [-0.1, -0.05) is 31.1 Å². The molecule has 5 nitrogen and oxygen atoms in total. The molecule has 0 aliphatic heterocycles. The third-order valence-corrected chi connectivity index (χ3v) is 3.32. The zero-order valence-electron chi connectivity index (χ0n) is 11.8. The van der Waals surface area contributed by atoms with Gasteiger partial charge < -0.3 is 9.09 Å². The van der Waals surface area contributed by atoms with Crippen LogP contribution in [0.5, 0.6) is 0 Å². The second-order valence-electron chi connectivity index (χ2n) is 4.81. The van der Waals surface area contributed by atoms with Crippen molar-refractivity contribution in [3.8, 4) is 0 Å². The fourth-order valence-electron chi connectivity index (χ4n) is 2.38. The van der Waals surface area contributed by atoms with E-state index in [-0.39, 0.29) is 0 Å². The highest BCUT2D eigenvalue weighted by atomic mass is 16.5. The Morgan fingerprint density at radius 2 is 2.00 bits per heavy atom. The van der Waals surface area contributed by atoms with E-state index >= 15 is 0 Å². The fourth-order valence-corrected chi connectivity index (χ4v) is 2.38. The van der Waals surface area contributed by atoms with Crippen LogP contribution in [-0.4, -0.2) is 19.7 Å². The van der Waals surface area contributed by atoms with Gasteiger partial charge in [0.05, 0.1) is 17.6 Å². The van der Waals surface area contributed by atoms with Gasteiger partial charge in [0, 0.05) is 12.8 Å². The Morgan fingerprint density at radius 1 is 1.15 bits per heavy atom. The molecule has 0 N–H and O–H groups in total. The van der Waals surface area contributed by atoms with Crippen molar-refractivity contribution in [2.75, 3.05) is 0 Å². The lowest BCUT2D eigenvalue weighted by atomic mass is 10.3. The predicted molar refractivity (Wildman–Crippen MR) is 76.5 cm³/mol. The Labute approximate surface area is 117 Å². The summed E-state index contributed by atoms with van der Waals surface area (Å²) in [7, 11) is 0. The van der Waals surface area contributed by atoms with Crippen molar-refractivity contribution in [1.82, 2.24) is 19.7 Å². The normalized spacial score (nSPS) is 11.3. The van der Waals surface area contributed by atoms with Crippen LogP contribution in [0.15, 0.2) is 28.8 Å². The van der Waals surface area contributed by atoms with E-state index in [9.17, 15) is 0 Å². The van der Waals surface area contributed by atoms with Crippen LogP contribution in [0, 0.1) is 0 Å². The summed E-state index contributed by atoms with van der Waals surface area (Å²) >= 11 is 0. The molecule has 104 valence electrons. The van der Waals surface area contributed by atoms with Gasteiger partial charge >= 0.3 is 0 Å². The highest BCUT2D eigenvalue weighted by molar-refractivity contribution is 5.75. The van der Waals surface area contributed by atoms with Gasteiger partial charge in [0.2, 0.25) is 5.89 Å². The van der Waals surface area contributed by atoms with E-state index in [1.807, 2.05) is 18.2 Å². The second kappa shape index (κ2) is 5.45. The summed E-state index contributed by atoms with van der Waals surface area (Å²) in [6.45, 7) is 4.82. The molecule has 0 radical (unpaired) electrons. The molecule has 0 saturated carbocycles. The zero-order chi connectivity index (χ0) is 13.9. The van der Waals surface area contributed by atoms with Gasteiger partial charge in [0.25, 0.3) is 0 Å². The molecular weight excluding hydrogens is 252 g/mol. The summed E-state index contributed by atoms with van der Waals surface area (Å²) in [5.74, 6) is 2.48. The second-order valence-corrected chi connectivity index (χ2v) is 4.81. The molecule has 0 aliphatic carbocycles. The van der Waals surface area contributed by atoms with Crippen LogP contribution >= 0.6 is 0 Å². The molecule has 20 heavy (non-hydrogen) atoms. The van der Waals surface area contributed by atoms with Crippen molar-refractivity contribution in [3.63, 3.8) is 0 Å². The first-order chi connectivity index (χ1) is 9.81. The molecule has 0 unspecified atom stereocenters. The minimum Gasteiger partial charge on any atom is -0.339 e. The lowest BCUT2D eigenvalue weighted by Crippen LogP contribution is -2.05. The zero-order valence-corrected chi connectivity index (χ0v) is 11.8. The largest absolute Gasteiger partial charge is 0.339 e. The summed E-state index contributed by atoms with van der Waals surface area (Å²) in [6, 6.07) is 8.14. The van der Waals surface area contributed by atoms with Gasteiger partial charge in [-0.3, -0.25) is 0 Å². The number of para-hydroxylation sites is 2. The maximum absolute atomic E-state index is 5.24. The molecule has 3 rings (SSSR count). The summed E-state index contributed by atoms with van der Waals surface area (Å²) in [6.07, 6.45) is 2.72. The van der Waals surface area contributed by atoms with Crippen LogP contribution in [0.4, 0.5) is 0 Å². The van der Waals surface area contributed by atoms with Crippen molar-refractivity contribution in [1.29, 1.82) is 0 Å². The van der Waals surface area contributed by atoms with Gasteiger partial charge in [-0.25, -0.2) is 4.98 Å². The molecule has 2 heterocycles. The predicted octanol–water partition coefficient (Wildman–Crippen LogP) is 2.98. The van der Waals surface area contributed by atoms with E-state index in [0.29, 0.717) is 18.3 Å². The molecule has 1 aromatic carbocycles. The van der Waals surface area contributed by atoms with Crippen molar-refractivity contribution in [2.45, 2.75) is 39.7 Å². The average molecular weight is 270 g/mol. The highest BCUT2D eigenvalue weighted by Gasteiger charge is 2.12. The maximum Gasteiger partial charge on any atom is 0.226 e. The van der Waals surface area contributed by atoms with Crippen LogP contribution in [0.25, 0.3) is 11.0 Å². The molecule has 2 aromatic heterocycles. The number of benzene rings is 1. The Bertz CT molecular complexity index is 714. The number of aromatic nitrogens is 4. The van der Waals surface area contributed by atoms with Gasteiger partial charge in [-0.15, -0.1) is 0 Å². The summed E-state index contributed by atoms with van der Waals surface area (Å²) < 4.78 is 7.41. The minimum absolute atomic E-state index is 0.608. The highest BCUT2D eigenvalue weighted by Crippen LogP contribution is 2.17. The first-order valence-corrected chi connectivity index (χ1v) is 7.07. The lowest BCUT2D eigenvalue weighted by Gasteiger charge is -2.04. The number of aryl methyl sites for hydroxylation is 2. The third-order valence-electron chi connectivity index (χ3n) is 3.32. The minimum atomic E-state index is 0.608. The Morgan fingerprint density at radius 3 is 2.80 bits per heavy atom. The van der Waals surface area contributed by atoms with Crippen LogP contribution in [0.2, 0.25) is 0 Å². The monoisotopic (exact) mass is 270 g/mol. The van der Waals surface area contributed by atoms with Crippen molar-refractivity contribution < 1.29 is 4.52 Å². The van der Waals surface area contributed by atoms with Gasteiger partial charge in [-0.05, 0) is 18.6 Å². The lowest BCUT2D eigenvalue weighted by molar-refractivity contribution is 0.371. The van der Waals surface area contributed by atoms with Gasteiger partial charge in [0.1, 0.15) is 5.82 Å². The van der Waals surface area contributed by atoms with E-state index in [1.54, 1.807) is 0 Å². The topological polar surface area (TPSA) is 56.7 Å². The number of hydrogen-bond donors (Lipinski definition) is 0. The van der Waals surface area contributed by atoms with E-state index in [1.165, 1.54) is 0 Å². The van der Waals surface area contributed by atoms with Crippen LogP contribution in [0.1, 0.15) is 37.8 Å². The Kier molecular flexibility index (Phi) is 3.50. The van der Waals surface area contributed by atoms with Gasteiger partial charge in [0.15, 0.2) is 5.82 Å². The number of fused-ring (bicyclic) bond motifs is 1. The Hall–Kier alpha value is -2.17. The maximum atomic E-state index is 5.24. The first kappa shape index (κ1) is 12.8. The standard InChI is InChI=1S/C15H18N4O/c1-3-7-15-17-13(18-20-15)10-19-12-9-6-5-8-11(12)16-14(19)4-2/h5-6,8-9H,3-4,7,10H2,1-2H3. The average Bonchev–Trinajstić information content (AvgIpc) is 3.05. The molecule has 5 heteroatoms. The van der Waals surface area contributed by atoms with Crippen LogP contribution < -0.4 is 0 Å². The SMILES string of the molecule is CCCc1nc(Cn2c(CC)nc3ccccc32)no1. The van der Waals surface area contributed by atoms with Crippen molar-refractivity contribution in [3.05, 3.63) is 41.8 Å². The van der Waals surface area contributed by atoms with Crippen LogP contribution in [0.3, 0.4) is 0 Å². The molecule has 0 fully saturated rings. The van der Waals surface area contributed by atoms with Crippen molar-refractivity contribution >= 4 is 11.0 Å². The summed E-state index contributed by atoms with van der Waals surface area (Å²) in [5, 5.41) is 4.06. The molecule has 3 aromatic rings. The molecular formula is C15H18N4O. The molecule has 0 bridgehead atoms. The molecule has 0 amide bonds. The number of nitrogens with zero attached hydrogens (tertiary/aromatic N) is 4. The number of rotatable bonds is 5. The fraction of sp³-hybridized carbons (Fsp3) is 0.400. The van der Waals surface area contributed by atoms with E-state index in [2.05, 4.69) is 39.6 Å². The van der Waals surface area contributed by atoms with Crippen molar-refractivity contribution in [2.24, 2.45) is 0 Å². The number of hydrogen-bond acceptors (Lipinski definition) is 4. The van der Waals surface area contributed by atoms with Crippen LogP contribution in [-0.2, 0) is 19.4 Å². The van der Waals surface area contributed by atoms with E-state index in [0.717, 1.165) is 36.1 Å². The summed E-state index contributed by atoms with van der Waals surface area (Å²) in [5.41, 5.74) is 2.13. The number of imidazole rings is 1. The molecule has 0 atom stereocenters. The van der Waals surface area contributed by atoms with E-state index in [4.69, 9.17) is 4.52 Å². The molecule has 0 spiro atoms. The Balaban J connectivity index is 1.96.